The van der Waals surface area contributed by atoms with E-state index >= 15 is 0 Å². The molecular formula is C17H23N3O. The Balaban J connectivity index is 1.76. The Labute approximate surface area is 126 Å². The summed E-state index contributed by atoms with van der Waals surface area (Å²) in [5, 5.41) is 0. The first kappa shape index (κ1) is 14.3. The normalized spacial score (nSPS) is 26.2. The number of likely N-dealkylation sites (tertiary alicyclic amines) is 2. The summed E-state index contributed by atoms with van der Waals surface area (Å²) in [6.45, 7) is 7.65. The average Bonchev–Trinajstić information content (AvgIpc) is 2.90. The van der Waals surface area contributed by atoms with Crippen LogP contribution in [0.3, 0.4) is 0 Å². The first-order chi connectivity index (χ1) is 10.2. The van der Waals surface area contributed by atoms with Crippen molar-refractivity contribution in [2.45, 2.75) is 31.2 Å². The molecule has 0 saturated carbocycles. The fourth-order valence-electron chi connectivity index (χ4n) is 3.86. The molecule has 1 aromatic heterocycles. The van der Waals surface area contributed by atoms with E-state index in [1.807, 2.05) is 11.0 Å². The Morgan fingerprint density at radius 3 is 2.71 bits per heavy atom. The fraction of sp³-hybridized carbons (Fsp3) is 0.529. The molecule has 2 fully saturated rings. The summed E-state index contributed by atoms with van der Waals surface area (Å²) < 4.78 is 0. The number of hydrogen-bond donors (Lipinski definition) is 0. The topological polar surface area (TPSA) is 36.4 Å². The van der Waals surface area contributed by atoms with Gasteiger partial charge in [0, 0.05) is 43.1 Å². The second kappa shape index (κ2) is 5.98. The van der Waals surface area contributed by atoms with Crippen molar-refractivity contribution in [3.05, 3.63) is 42.7 Å². The molecule has 1 atom stereocenters. The van der Waals surface area contributed by atoms with E-state index in [0.29, 0.717) is 0 Å². The highest BCUT2D eigenvalue weighted by Gasteiger charge is 2.44. The first-order valence-electron chi connectivity index (χ1n) is 7.80. The van der Waals surface area contributed by atoms with Gasteiger partial charge < -0.3 is 4.90 Å². The van der Waals surface area contributed by atoms with Crippen LogP contribution in [0.1, 0.15) is 36.0 Å². The van der Waals surface area contributed by atoms with Crippen LogP contribution in [-0.2, 0) is 0 Å². The van der Waals surface area contributed by atoms with Gasteiger partial charge in [0.15, 0.2) is 0 Å². The molecule has 0 aliphatic carbocycles. The Hall–Kier alpha value is -1.68. The van der Waals surface area contributed by atoms with Gasteiger partial charge >= 0.3 is 0 Å². The lowest BCUT2D eigenvalue weighted by molar-refractivity contribution is 0.0367. The molecule has 1 aromatic rings. The molecule has 0 N–H and O–H groups in total. The molecule has 112 valence electrons. The highest BCUT2D eigenvalue weighted by Crippen LogP contribution is 2.37. The maximum Gasteiger partial charge on any atom is 0.254 e. The van der Waals surface area contributed by atoms with Crippen molar-refractivity contribution in [1.29, 1.82) is 0 Å². The van der Waals surface area contributed by atoms with Crippen molar-refractivity contribution in [2.24, 2.45) is 0 Å². The van der Waals surface area contributed by atoms with Crippen molar-refractivity contribution in [3.8, 4) is 0 Å². The lowest BCUT2D eigenvalue weighted by atomic mass is 9.86. The molecule has 1 amide bonds. The molecular weight excluding hydrogens is 262 g/mol. The van der Waals surface area contributed by atoms with Crippen LogP contribution in [0.25, 0.3) is 0 Å². The molecule has 21 heavy (non-hydrogen) atoms. The largest absolute Gasteiger partial charge is 0.337 e. The lowest BCUT2D eigenvalue weighted by Gasteiger charge is -2.45. The van der Waals surface area contributed by atoms with Crippen molar-refractivity contribution >= 4 is 5.91 Å². The summed E-state index contributed by atoms with van der Waals surface area (Å²) in [6, 6.07) is 3.61. The zero-order chi connectivity index (χ0) is 14.7. The molecule has 3 heterocycles. The van der Waals surface area contributed by atoms with Gasteiger partial charge in [-0.1, -0.05) is 6.08 Å². The summed E-state index contributed by atoms with van der Waals surface area (Å²) in [6.07, 6.45) is 10.1. The highest BCUT2D eigenvalue weighted by molar-refractivity contribution is 5.94. The van der Waals surface area contributed by atoms with Gasteiger partial charge in [0.2, 0.25) is 0 Å². The smallest absolute Gasteiger partial charge is 0.254 e. The van der Waals surface area contributed by atoms with Crippen molar-refractivity contribution in [2.75, 3.05) is 26.2 Å². The van der Waals surface area contributed by atoms with Crippen LogP contribution in [0, 0.1) is 0 Å². The molecule has 4 nitrogen and oxygen atoms in total. The zero-order valence-corrected chi connectivity index (χ0v) is 12.5. The highest BCUT2D eigenvalue weighted by atomic mass is 16.2. The van der Waals surface area contributed by atoms with Crippen molar-refractivity contribution < 1.29 is 4.79 Å². The molecule has 2 aliphatic rings. The summed E-state index contributed by atoms with van der Waals surface area (Å²) in [7, 11) is 0. The van der Waals surface area contributed by atoms with Crippen LogP contribution in [0.2, 0.25) is 0 Å². The van der Waals surface area contributed by atoms with Crippen LogP contribution in [0.15, 0.2) is 37.2 Å². The predicted molar refractivity (Wildman–Crippen MR) is 83.1 cm³/mol. The predicted octanol–water partition coefficient (Wildman–Crippen LogP) is 2.34. The quantitative estimate of drug-likeness (QED) is 0.800. The number of pyridine rings is 1. The average molecular weight is 285 g/mol. The third-order valence-electron chi connectivity index (χ3n) is 4.86. The van der Waals surface area contributed by atoms with Crippen LogP contribution in [0.4, 0.5) is 0 Å². The van der Waals surface area contributed by atoms with Crippen LogP contribution < -0.4 is 0 Å². The van der Waals surface area contributed by atoms with Gasteiger partial charge in [-0.25, -0.2) is 0 Å². The Morgan fingerprint density at radius 2 is 2.00 bits per heavy atom. The monoisotopic (exact) mass is 285 g/mol. The number of piperidine rings is 1. The van der Waals surface area contributed by atoms with Gasteiger partial charge in [0.05, 0.1) is 0 Å². The summed E-state index contributed by atoms with van der Waals surface area (Å²) in [5.41, 5.74) is 0.921. The number of carbonyl (C=O) groups is 1. The Morgan fingerprint density at radius 1 is 1.29 bits per heavy atom. The number of carbonyl (C=O) groups excluding carboxylic acids is 1. The number of hydrogen-bond acceptors (Lipinski definition) is 3. The summed E-state index contributed by atoms with van der Waals surface area (Å²) in [5.74, 6) is 0.141. The van der Waals surface area contributed by atoms with E-state index in [-0.39, 0.29) is 11.4 Å². The summed E-state index contributed by atoms with van der Waals surface area (Å²) in [4.78, 5) is 21.2. The van der Waals surface area contributed by atoms with E-state index in [9.17, 15) is 4.79 Å². The third-order valence-corrected chi connectivity index (χ3v) is 4.86. The van der Waals surface area contributed by atoms with Crippen molar-refractivity contribution in [1.82, 2.24) is 14.8 Å². The van der Waals surface area contributed by atoms with E-state index in [2.05, 4.69) is 16.5 Å². The minimum atomic E-state index is 0.141. The molecule has 2 saturated heterocycles. The SMILES string of the molecule is C=CCN1CCC[C@]12CCCN(C(=O)c1ccncc1)C2. The van der Waals surface area contributed by atoms with E-state index in [1.165, 1.54) is 19.3 Å². The van der Waals surface area contributed by atoms with E-state index in [0.717, 1.165) is 38.2 Å². The minimum Gasteiger partial charge on any atom is -0.337 e. The van der Waals surface area contributed by atoms with E-state index in [1.54, 1.807) is 24.5 Å². The van der Waals surface area contributed by atoms with E-state index < -0.39 is 0 Å². The number of amides is 1. The standard InChI is InChI=1S/C17H23N3O/c1-2-11-20-13-4-8-17(20)7-3-12-19(14-17)16(21)15-5-9-18-10-6-15/h2,5-6,9-10H,1,3-4,7-8,11-14H2/t17-/m0/s1. The minimum absolute atomic E-state index is 0.141. The molecule has 3 rings (SSSR count). The van der Waals surface area contributed by atoms with Gasteiger partial charge in [-0.2, -0.15) is 0 Å². The fourth-order valence-corrected chi connectivity index (χ4v) is 3.86. The number of nitrogens with zero attached hydrogens (tertiary/aromatic N) is 3. The van der Waals surface area contributed by atoms with Crippen molar-refractivity contribution in [3.63, 3.8) is 0 Å². The molecule has 1 spiro atoms. The second-order valence-electron chi connectivity index (χ2n) is 6.13. The maximum atomic E-state index is 12.7. The zero-order valence-electron chi connectivity index (χ0n) is 12.5. The lowest BCUT2D eigenvalue weighted by Crippen LogP contribution is -2.56. The Kier molecular flexibility index (Phi) is 4.06. The molecule has 2 aliphatic heterocycles. The van der Waals surface area contributed by atoms with Gasteiger partial charge in [-0.3, -0.25) is 14.7 Å². The number of rotatable bonds is 3. The van der Waals surface area contributed by atoms with Crippen LogP contribution in [-0.4, -0.2) is 52.4 Å². The maximum absolute atomic E-state index is 12.7. The van der Waals surface area contributed by atoms with Gasteiger partial charge in [0.1, 0.15) is 0 Å². The molecule has 0 aromatic carbocycles. The summed E-state index contributed by atoms with van der Waals surface area (Å²) >= 11 is 0. The van der Waals surface area contributed by atoms with Crippen LogP contribution in [0.5, 0.6) is 0 Å². The molecule has 4 heteroatoms. The van der Waals surface area contributed by atoms with E-state index in [4.69, 9.17) is 0 Å². The van der Waals surface area contributed by atoms with Gasteiger partial charge in [-0.15, -0.1) is 6.58 Å². The molecule has 0 unspecified atom stereocenters. The second-order valence-corrected chi connectivity index (χ2v) is 6.13. The van der Waals surface area contributed by atoms with Gasteiger partial charge in [-0.05, 0) is 44.4 Å². The molecule has 0 radical (unpaired) electrons. The molecule has 0 bridgehead atoms. The van der Waals surface area contributed by atoms with Crippen LogP contribution >= 0.6 is 0 Å². The number of aromatic nitrogens is 1. The third kappa shape index (κ3) is 2.72. The first-order valence-corrected chi connectivity index (χ1v) is 7.80. The van der Waals surface area contributed by atoms with Gasteiger partial charge in [0.25, 0.3) is 5.91 Å². The Bertz CT molecular complexity index is 516.